The molecular weight excluding hydrogens is 428 g/mol. The zero-order valence-electron chi connectivity index (χ0n) is 18.1. The minimum Gasteiger partial charge on any atom is -0.449 e. The van der Waals surface area contributed by atoms with Gasteiger partial charge in [0.1, 0.15) is 0 Å². The highest BCUT2D eigenvalue weighted by atomic mass is 32.2. The molecule has 0 aromatic heterocycles. The molecule has 2 aromatic carbocycles. The van der Waals surface area contributed by atoms with Gasteiger partial charge in [0.25, 0.3) is 15.9 Å². The molecule has 0 saturated heterocycles. The number of rotatable bonds is 9. The van der Waals surface area contributed by atoms with Crippen molar-refractivity contribution in [3.05, 3.63) is 72.8 Å². The van der Waals surface area contributed by atoms with E-state index in [1.54, 1.807) is 30.3 Å². The fraction of sp³-hybridized carbons (Fsp3) is 0.333. The molecule has 1 N–H and O–H groups in total. The van der Waals surface area contributed by atoms with Crippen molar-refractivity contribution in [1.29, 1.82) is 0 Å². The number of nitrogens with zero attached hydrogens (tertiary/aromatic N) is 1. The van der Waals surface area contributed by atoms with Gasteiger partial charge in [0.15, 0.2) is 6.10 Å². The van der Waals surface area contributed by atoms with Crippen LogP contribution in [-0.4, -0.2) is 39.0 Å². The molecule has 0 radical (unpaired) electrons. The molecule has 8 heteroatoms. The second kappa shape index (κ2) is 10.5. The van der Waals surface area contributed by atoms with Gasteiger partial charge in [-0.1, -0.05) is 43.2 Å². The van der Waals surface area contributed by atoms with E-state index in [9.17, 15) is 18.0 Å². The van der Waals surface area contributed by atoms with Gasteiger partial charge < -0.3 is 10.1 Å². The van der Waals surface area contributed by atoms with Crippen LogP contribution in [0.15, 0.2) is 72.1 Å². The van der Waals surface area contributed by atoms with E-state index >= 15 is 0 Å². The summed E-state index contributed by atoms with van der Waals surface area (Å²) >= 11 is 0. The number of nitrogens with one attached hydrogen (secondary N) is 1. The van der Waals surface area contributed by atoms with E-state index < -0.39 is 22.1 Å². The Morgan fingerprint density at radius 3 is 2.50 bits per heavy atom. The molecule has 32 heavy (non-hydrogen) atoms. The number of ether oxygens (including phenoxy) is 1. The molecule has 1 saturated carbocycles. The van der Waals surface area contributed by atoms with Crippen molar-refractivity contribution in [2.45, 2.75) is 49.6 Å². The SMILES string of the molecule is C=CCN(c1ccccc1)S(=O)(=O)c1cccc(C(=O)OC(C)C(=O)NC2CCCC2)c1. The molecule has 170 valence electrons. The Hall–Kier alpha value is -3.13. The van der Waals surface area contributed by atoms with Gasteiger partial charge in [0, 0.05) is 6.04 Å². The smallest absolute Gasteiger partial charge is 0.338 e. The lowest BCUT2D eigenvalue weighted by Crippen LogP contribution is -2.40. The molecule has 1 amide bonds. The Kier molecular flexibility index (Phi) is 7.69. The number of sulfonamides is 1. The van der Waals surface area contributed by atoms with Crippen LogP contribution in [0.4, 0.5) is 5.69 Å². The predicted molar refractivity (Wildman–Crippen MR) is 123 cm³/mol. The quantitative estimate of drug-likeness (QED) is 0.459. The Balaban J connectivity index is 1.76. The van der Waals surface area contributed by atoms with Crippen molar-refractivity contribution in [2.75, 3.05) is 10.8 Å². The lowest BCUT2D eigenvalue weighted by Gasteiger charge is -2.23. The van der Waals surface area contributed by atoms with Gasteiger partial charge >= 0.3 is 5.97 Å². The Labute approximate surface area is 189 Å². The van der Waals surface area contributed by atoms with Gasteiger partial charge in [-0.15, -0.1) is 6.58 Å². The molecule has 1 unspecified atom stereocenters. The molecule has 1 fully saturated rings. The third-order valence-electron chi connectivity index (χ3n) is 5.35. The summed E-state index contributed by atoms with van der Waals surface area (Å²) in [6.45, 7) is 5.22. The van der Waals surface area contributed by atoms with E-state index in [2.05, 4.69) is 11.9 Å². The summed E-state index contributed by atoms with van der Waals surface area (Å²) in [6, 6.07) is 14.4. The van der Waals surface area contributed by atoms with Gasteiger partial charge in [-0.25, -0.2) is 13.2 Å². The number of esters is 1. The molecule has 0 bridgehead atoms. The Morgan fingerprint density at radius 2 is 1.84 bits per heavy atom. The second-order valence-electron chi connectivity index (χ2n) is 7.73. The van der Waals surface area contributed by atoms with E-state index in [1.807, 2.05) is 0 Å². The topological polar surface area (TPSA) is 92.8 Å². The number of carbonyl (C=O) groups is 2. The number of hydrogen-bond donors (Lipinski definition) is 1. The molecule has 0 aliphatic heterocycles. The minimum atomic E-state index is -3.96. The van der Waals surface area contributed by atoms with Crippen LogP contribution in [0.2, 0.25) is 0 Å². The third-order valence-corrected chi connectivity index (χ3v) is 7.14. The molecule has 0 heterocycles. The van der Waals surface area contributed by atoms with E-state index in [4.69, 9.17) is 4.74 Å². The standard InChI is InChI=1S/C24H28N2O5S/c1-3-16-26(21-13-5-4-6-14-21)32(29,30)22-15-9-10-19(17-22)24(28)31-18(2)23(27)25-20-11-7-8-12-20/h3-6,9-10,13-15,17-18,20H,1,7-8,11-12,16H2,2H3,(H,25,27). The molecular formula is C24H28N2O5S. The van der Waals surface area contributed by atoms with Gasteiger partial charge in [0.05, 0.1) is 22.7 Å². The van der Waals surface area contributed by atoms with Crippen LogP contribution in [0.1, 0.15) is 43.0 Å². The maximum absolute atomic E-state index is 13.3. The molecule has 3 rings (SSSR count). The summed E-state index contributed by atoms with van der Waals surface area (Å²) in [7, 11) is -3.96. The van der Waals surface area contributed by atoms with E-state index in [-0.39, 0.29) is 29.0 Å². The summed E-state index contributed by atoms with van der Waals surface area (Å²) in [5.74, 6) is -1.11. The van der Waals surface area contributed by atoms with Crippen LogP contribution in [0, 0.1) is 0 Å². The zero-order chi connectivity index (χ0) is 23.1. The lowest BCUT2D eigenvalue weighted by atomic mass is 10.2. The number of para-hydroxylation sites is 1. The summed E-state index contributed by atoms with van der Waals surface area (Å²) < 4.78 is 33.1. The van der Waals surface area contributed by atoms with Crippen molar-refractivity contribution >= 4 is 27.6 Å². The minimum absolute atomic E-state index is 0.0539. The average molecular weight is 457 g/mol. The number of carbonyl (C=O) groups excluding carboxylic acids is 2. The number of anilines is 1. The normalized spacial score (nSPS) is 15.0. The molecule has 1 aliphatic carbocycles. The lowest BCUT2D eigenvalue weighted by molar-refractivity contribution is -0.129. The second-order valence-corrected chi connectivity index (χ2v) is 9.59. The number of amides is 1. The first-order valence-electron chi connectivity index (χ1n) is 10.6. The van der Waals surface area contributed by atoms with Crippen molar-refractivity contribution in [1.82, 2.24) is 5.32 Å². The summed E-state index contributed by atoms with van der Waals surface area (Å²) in [5.41, 5.74) is 0.538. The van der Waals surface area contributed by atoms with Crippen LogP contribution in [0.25, 0.3) is 0 Å². The van der Waals surface area contributed by atoms with Crippen LogP contribution in [0.3, 0.4) is 0 Å². The largest absolute Gasteiger partial charge is 0.449 e. The van der Waals surface area contributed by atoms with Crippen LogP contribution < -0.4 is 9.62 Å². The van der Waals surface area contributed by atoms with Crippen molar-refractivity contribution < 1.29 is 22.7 Å². The van der Waals surface area contributed by atoms with E-state index in [0.29, 0.717) is 5.69 Å². The first-order valence-corrected chi connectivity index (χ1v) is 12.1. The molecule has 2 aromatic rings. The summed E-state index contributed by atoms with van der Waals surface area (Å²) in [5, 5.41) is 2.89. The van der Waals surface area contributed by atoms with Crippen molar-refractivity contribution in [3.63, 3.8) is 0 Å². The maximum atomic E-state index is 13.3. The molecule has 1 aliphatic rings. The average Bonchev–Trinajstić information content (AvgIpc) is 3.31. The first kappa shape index (κ1) is 23.5. The fourth-order valence-electron chi connectivity index (χ4n) is 3.64. The van der Waals surface area contributed by atoms with Gasteiger partial charge in [-0.05, 0) is 50.1 Å². The Bertz CT molecular complexity index is 1060. The van der Waals surface area contributed by atoms with Gasteiger partial charge in [-0.2, -0.15) is 0 Å². The maximum Gasteiger partial charge on any atom is 0.338 e. The van der Waals surface area contributed by atoms with E-state index in [1.165, 1.54) is 41.6 Å². The highest BCUT2D eigenvalue weighted by Crippen LogP contribution is 2.24. The fourth-order valence-corrected chi connectivity index (χ4v) is 5.12. The highest BCUT2D eigenvalue weighted by Gasteiger charge is 2.27. The van der Waals surface area contributed by atoms with Gasteiger partial charge in [0.2, 0.25) is 0 Å². The summed E-state index contributed by atoms with van der Waals surface area (Å²) in [4.78, 5) is 24.9. The van der Waals surface area contributed by atoms with Crippen molar-refractivity contribution in [2.24, 2.45) is 0 Å². The predicted octanol–water partition coefficient (Wildman–Crippen LogP) is 3.67. The first-order chi connectivity index (χ1) is 15.3. The molecule has 7 nitrogen and oxygen atoms in total. The third kappa shape index (κ3) is 5.56. The number of benzene rings is 2. The van der Waals surface area contributed by atoms with Crippen LogP contribution in [0.5, 0.6) is 0 Å². The Morgan fingerprint density at radius 1 is 1.16 bits per heavy atom. The van der Waals surface area contributed by atoms with Gasteiger partial charge in [-0.3, -0.25) is 9.10 Å². The van der Waals surface area contributed by atoms with E-state index in [0.717, 1.165) is 25.7 Å². The highest BCUT2D eigenvalue weighted by molar-refractivity contribution is 7.92. The number of hydrogen-bond acceptors (Lipinski definition) is 5. The summed E-state index contributed by atoms with van der Waals surface area (Å²) in [6.07, 6.45) is 4.51. The zero-order valence-corrected chi connectivity index (χ0v) is 18.9. The molecule has 0 spiro atoms. The van der Waals surface area contributed by atoms with Crippen LogP contribution >= 0.6 is 0 Å². The van der Waals surface area contributed by atoms with Crippen LogP contribution in [-0.2, 0) is 19.6 Å². The van der Waals surface area contributed by atoms with Crippen molar-refractivity contribution in [3.8, 4) is 0 Å². The monoisotopic (exact) mass is 456 g/mol. The molecule has 1 atom stereocenters.